The molecule has 134 valence electrons. The number of halogens is 1. The molecule has 1 saturated heterocycles. The number of carbonyl (C=O) groups excluding carboxylic acids is 1. The molecule has 1 aliphatic heterocycles. The van der Waals surface area contributed by atoms with Gasteiger partial charge in [0.05, 0.1) is 4.91 Å². The molecule has 1 saturated carbocycles. The fourth-order valence-corrected chi connectivity index (χ4v) is 5.11. The Hall–Kier alpha value is -1.37. The molecule has 1 aromatic heterocycles. The molecule has 26 heavy (non-hydrogen) atoms. The lowest BCUT2D eigenvalue weighted by Gasteiger charge is -2.29. The molecular weight excluding hydrogens is 430 g/mol. The predicted molar refractivity (Wildman–Crippen MR) is 114 cm³/mol. The van der Waals surface area contributed by atoms with E-state index >= 15 is 0 Å². The van der Waals surface area contributed by atoms with Gasteiger partial charge in [-0.1, -0.05) is 71.3 Å². The van der Waals surface area contributed by atoms with Gasteiger partial charge in [0.15, 0.2) is 0 Å². The fraction of sp³-hybridized carbons (Fsp3) is 0.300. The summed E-state index contributed by atoms with van der Waals surface area (Å²) in [6.07, 6.45) is 7.52. The first-order chi connectivity index (χ1) is 12.6. The van der Waals surface area contributed by atoms with Crippen LogP contribution < -0.4 is 0 Å². The summed E-state index contributed by atoms with van der Waals surface area (Å²) >= 11 is 10.3. The summed E-state index contributed by atoms with van der Waals surface area (Å²) in [6.45, 7) is 0. The molecule has 2 fully saturated rings. The summed E-state index contributed by atoms with van der Waals surface area (Å²) in [7, 11) is 0. The van der Waals surface area contributed by atoms with Crippen LogP contribution in [0.25, 0.3) is 17.4 Å². The van der Waals surface area contributed by atoms with Crippen molar-refractivity contribution in [3.05, 3.63) is 51.5 Å². The lowest BCUT2D eigenvalue weighted by atomic mass is 9.94. The molecule has 3 nitrogen and oxygen atoms in total. The van der Waals surface area contributed by atoms with Gasteiger partial charge in [0, 0.05) is 22.2 Å². The zero-order chi connectivity index (χ0) is 18.1. The van der Waals surface area contributed by atoms with Crippen molar-refractivity contribution in [2.24, 2.45) is 0 Å². The van der Waals surface area contributed by atoms with E-state index in [1.807, 2.05) is 47.4 Å². The van der Waals surface area contributed by atoms with Crippen LogP contribution in [0.2, 0.25) is 0 Å². The molecule has 0 bridgehead atoms. The number of nitrogens with zero attached hydrogens (tertiary/aromatic N) is 1. The van der Waals surface area contributed by atoms with Gasteiger partial charge in [-0.25, -0.2) is 0 Å². The van der Waals surface area contributed by atoms with E-state index in [-0.39, 0.29) is 11.9 Å². The second-order valence-corrected chi connectivity index (χ2v) is 9.14. The largest absolute Gasteiger partial charge is 0.457 e. The van der Waals surface area contributed by atoms with Gasteiger partial charge in [-0.3, -0.25) is 9.69 Å². The van der Waals surface area contributed by atoms with Crippen LogP contribution in [0, 0.1) is 0 Å². The van der Waals surface area contributed by atoms with Crippen LogP contribution in [-0.4, -0.2) is 21.2 Å². The van der Waals surface area contributed by atoms with Crippen molar-refractivity contribution in [2.45, 2.75) is 38.1 Å². The third kappa shape index (κ3) is 3.68. The van der Waals surface area contributed by atoms with Crippen molar-refractivity contribution >= 4 is 56.2 Å². The number of rotatable bonds is 3. The summed E-state index contributed by atoms with van der Waals surface area (Å²) in [5, 5.41) is 0. The van der Waals surface area contributed by atoms with Crippen LogP contribution >= 0.6 is 39.9 Å². The Kier molecular flexibility index (Phi) is 5.34. The molecule has 4 rings (SSSR count). The summed E-state index contributed by atoms with van der Waals surface area (Å²) in [5.74, 6) is 1.48. The smallest absolute Gasteiger partial charge is 0.266 e. The van der Waals surface area contributed by atoms with E-state index in [9.17, 15) is 4.79 Å². The lowest BCUT2D eigenvalue weighted by molar-refractivity contribution is -0.124. The predicted octanol–water partition coefficient (Wildman–Crippen LogP) is 6.24. The summed E-state index contributed by atoms with van der Waals surface area (Å²) in [4.78, 5) is 15.3. The average Bonchev–Trinajstić information content (AvgIpc) is 3.21. The van der Waals surface area contributed by atoms with Gasteiger partial charge >= 0.3 is 0 Å². The fourth-order valence-electron chi connectivity index (χ4n) is 3.46. The lowest BCUT2D eigenvalue weighted by Crippen LogP contribution is -2.39. The first kappa shape index (κ1) is 18.0. The highest BCUT2D eigenvalue weighted by atomic mass is 79.9. The van der Waals surface area contributed by atoms with E-state index in [0.29, 0.717) is 15.0 Å². The van der Waals surface area contributed by atoms with E-state index < -0.39 is 0 Å². The normalized spacial score (nSPS) is 20.3. The molecular formula is C20H18BrNO2S2. The van der Waals surface area contributed by atoms with Crippen molar-refractivity contribution in [1.29, 1.82) is 0 Å². The maximum Gasteiger partial charge on any atom is 0.266 e. The zero-order valence-corrected chi connectivity index (χ0v) is 17.3. The number of furan rings is 1. The number of carbonyl (C=O) groups is 1. The minimum absolute atomic E-state index is 0.0218. The molecule has 0 radical (unpaired) electrons. The Balaban J connectivity index is 1.54. The summed E-state index contributed by atoms with van der Waals surface area (Å²) in [5.41, 5.74) is 1.00. The maximum absolute atomic E-state index is 12.8. The van der Waals surface area contributed by atoms with Gasteiger partial charge in [-0.15, -0.1) is 0 Å². The minimum atomic E-state index is 0.0218. The number of thiocarbonyl (C=S) groups is 1. The highest BCUT2D eigenvalue weighted by molar-refractivity contribution is 9.10. The van der Waals surface area contributed by atoms with Gasteiger partial charge in [0.2, 0.25) is 0 Å². The van der Waals surface area contributed by atoms with E-state index in [1.54, 1.807) is 0 Å². The van der Waals surface area contributed by atoms with E-state index in [4.69, 9.17) is 16.6 Å². The van der Waals surface area contributed by atoms with E-state index in [2.05, 4.69) is 15.9 Å². The molecule has 1 aliphatic carbocycles. The van der Waals surface area contributed by atoms with Crippen molar-refractivity contribution in [3.8, 4) is 11.3 Å². The molecule has 1 aromatic carbocycles. The van der Waals surface area contributed by atoms with Gasteiger partial charge in [-0.05, 0) is 37.1 Å². The van der Waals surface area contributed by atoms with Crippen LogP contribution in [0.1, 0.15) is 37.9 Å². The maximum atomic E-state index is 12.8. The minimum Gasteiger partial charge on any atom is -0.457 e. The second kappa shape index (κ2) is 7.71. The molecule has 0 unspecified atom stereocenters. The van der Waals surface area contributed by atoms with Crippen LogP contribution in [0.5, 0.6) is 0 Å². The van der Waals surface area contributed by atoms with Crippen LogP contribution in [0.3, 0.4) is 0 Å². The number of thioether (sulfide) groups is 1. The third-order valence-electron chi connectivity index (χ3n) is 4.79. The Morgan fingerprint density at radius 3 is 2.58 bits per heavy atom. The molecule has 2 aliphatic rings. The Morgan fingerprint density at radius 2 is 1.85 bits per heavy atom. The first-order valence-electron chi connectivity index (χ1n) is 8.75. The van der Waals surface area contributed by atoms with Crippen molar-refractivity contribution in [3.63, 3.8) is 0 Å². The third-order valence-corrected chi connectivity index (χ3v) is 6.65. The Morgan fingerprint density at radius 1 is 1.12 bits per heavy atom. The van der Waals surface area contributed by atoms with Gasteiger partial charge in [0.1, 0.15) is 15.8 Å². The molecule has 0 spiro atoms. The quantitative estimate of drug-likeness (QED) is 0.411. The highest BCUT2D eigenvalue weighted by Crippen LogP contribution is 2.37. The monoisotopic (exact) mass is 447 g/mol. The number of hydrogen-bond donors (Lipinski definition) is 0. The van der Waals surface area contributed by atoms with Crippen LogP contribution in [0.15, 0.2) is 50.2 Å². The standard InChI is InChI=1S/C20H18BrNO2S2/c21-14-8-6-13(7-9-14)17-11-10-16(24-17)12-18-19(23)22(20(25)26-18)15-4-2-1-3-5-15/h6-12,15H,1-5H2/b18-12+. The average molecular weight is 448 g/mol. The first-order valence-corrected chi connectivity index (χ1v) is 10.8. The van der Waals surface area contributed by atoms with Crippen molar-refractivity contribution in [2.75, 3.05) is 0 Å². The van der Waals surface area contributed by atoms with Gasteiger partial charge < -0.3 is 4.42 Å². The molecule has 6 heteroatoms. The molecule has 1 amide bonds. The number of amides is 1. The van der Waals surface area contributed by atoms with E-state index in [1.165, 1.54) is 31.0 Å². The van der Waals surface area contributed by atoms with Crippen molar-refractivity contribution < 1.29 is 9.21 Å². The summed E-state index contributed by atoms with van der Waals surface area (Å²) in [6, 6.07) is 12.0. The molecule has 0 atom stereocenters. The number of benzene rings is 1. The number of hydrogen-bond acceptors (Lipinski definition) is 4. The molecule has 0 N–H and O–H groups in total. The van der Waals surface area contributed by atoms with Crippen molar-refractivity contribution in [1.82, 2.24) is 4.90 Å². The van der Waals surface area contributed by atoms with Crippen LogP contribution in [0.4, 0.5) is 0 Å². The van der Waals surface area contributed by atoms with Gasteiger partial charge in [-0.2, -0.15) is 0 Å². The molecule has 2 heterocycles. The van der Waals surface area contributed by atoms with Gasteiger partial charge in [0.25, 0.3) is 5.91 Å². The highest BCUT2D eigenvalue weighted by Gasteiger charge is 2.37. The SMILES string of the molecule is O=C1/C(=C\c2ccc(-c3ccc(Br)cc3)o2)SC(=S)N1C1CCCCC1. The Bertz CT molecular complexity index is 866. The van der Waals surface area contributed by atoms with Crippen LogP contribution in [-0.2, 0) is 4.79 Å². The molecule has 2 aromatic rings. The topological polar surface area (TPSA) is 33.5 Å². The Labute approximate surface area is 171 Å². The second-order valence-electron chi connectivity index (χ2n) is 6.55. The van der Waals surface area contributed by atoms with E-state index in [0.717, 1.165) is 28.6 Å². The zero-order valence-electron chi connectivity index (χ0n) is 14.1. The summed E-state index contributed by atoms with van der Waals surface area (Å²) < 4.78 is 7.62.